The van der Waals surface area contributed by atoms with Crippen LogP contribution >= 0.6 is 0 Å². The van der Waals surface area contributed by atoms with Crippen molar-refractivity contribution in [1.29, 1.82) is 0 Å². The first-order valence-electron chi connectivity index (χ1n) is 43.4. The predicted molar refractivity (Wildman–Crippen MR) is 413 cm³/mol. The van der Waals surface area contributed by atoms with Crippen LogP contribution in [0.3, 0.4) is 0 Å². The van der Waals surface area contributed by atoms with E-state index in [0.717, 1.165) is 58.3 Å². The number of unbranched alkanes of at least 4 members (excludes halogenated alkanes) is 25. The highest BCUT2D eigenvalue weighted by molar-refractivity contribution is 5.76. The number of hydrogen-bond donors (Lipinski definition) is 23. The number of carbonyl (C=O) groups excluding carboxylic acids is 2. The van der Waals surface area contributed by atoms with Crippen LogP contribution in [0.15, 0.2) is 12.2 Å². The molecule has 37 atom stereocenters. The Morgan fingerprint density at radius 1 is 0.345 bits per heavy atom. The maximum atomic E-state index is 13.6. The number of aliphatic hydroxyl groups is 21. The van der Waals surface area contributed by atoms with Crippen LogP contribution in [0, 0.1) is 0 Å². The van der Waals surface area contributed by atoms with Crippen molar-refractivity contribution < 1.29 is 183 Å². The molecule has 0 bridgehead atoms. The molecule has 0 aliphatic carbocycles. The molecule has 14 unspecified atom stereocenters. The van der Waals surface area contributed by atoms with Crippen molar-refractivity contribution in [2.75, 3.05) is 46.2 Å². The van der Waals surface area contributed by atoms with Crippen molar-refractivity contribution in [3.8, 4) is 0 Å². The lowest BCUT2D eigenvalue weighted by molar-refractivity contribution is -0.405. The molecule has 7 aliphatic heterocycles. The van der Waals surface area contributed by atoms with E-state index in [1.807, 2.05) is 6.08 Å². The molecule has 7 rings (SSSR count). The molecule has 7 aliphatic rings. The van der Waals surface area contributed by atoms with Crippen LogP contribution in [-0.2, 0) is 75.9 Å². The molecule has 0 spiro atoms. The quantitative estimate of drug-likeness (QED) is 0.0206. The fraction of sp³-hybridized carbons (Fsp3) is 0.950. The Balaban J connectivity index is 1.03. The lowest BCUT2D eigenvalue weighted by Gasteiger charge is -2.51. The van der Waals surface area contributed by atoms with Crippen molar-refractivity contribution in [2.45, 2.75) is 435 Å². The van der Waals surface area contributed by atoms with E-state index >= 15 is 0 Å². The van der Waals surface area contributed by atoms with E-state index < -0.39 is 279 Å². The molecular formula is C80H144N2O37. The van der Waals surface area contributed by atoms with Crippen LogP contribution in [0.5, 0.6) is 0 Å². The standard InChI is InChI=1S/C80H144N2O37/c1-5-7-9-11-13-15-17-19-20-22-24-26-28-30-32-34-52(91)82-44(45(90)33-31-29-27-25-23-21-18-16-14-12-10-8-6-2)41-106-75-65(103)62(100)68(51(40-88)113-75)114-78-67(105)71(58(96)49(38-86)110-78)117-79-66(104)70(57(95)48(37-85)111-79)116-74-53(81-43(4)89)69(56(94)47(36-84)108-74)115-80-73(119-76-63(101)60(98)54(92)42(3)107-76)72(59(97)50(39-87)112-80)118-77-64(102)61(99)55(93)46(35-83)109-77/h31,33,42,44-51,53-80,83-88,90,92-105H,5-30,32,34-41H2,1-4H3,(H,81,89)(H,82,91)/b33-31+/t42?,44-,45+,46?,47?,48?,49?,50?,51?,53?,54+,55-,56-,57-,58-,59-,60?,61-,62+,63-,64?,65?,66?,67?,68+,69+,70-,71-,72-,73?,74-,75+,76+,77+,78-,79+,80-/m0/s1. The predicted octanol–water partition coefficient (Wildman–Crippen LogP) is -3.72. The smallest absolute Gasteiger partial charge is 0.220 e. The zero-order valence-corrected chi connectivity index (χ0v) is 69.2. The second kappa shape index (κ2) is 53.8. The van der Waals surface area contributed by atoms with E-state index in [4.69, 9.17) is 66.3 Å². The molecule has 2 amide bonds. The summed E-state index contributed by atoms with van der Waals surface area (Å²) in [5, 5.41) is 241. The topological polar surface area (TPSA) is 612 Å². The van der Waals surface area contributed by atoms with Gasteiger partial charge in [-0.1, -0.05) is 180 Å². The summed E-state index contributed by atoms with van der Waals surface area (Å²) in [6.45, 7) is -0.125. The molecule has 119 heavy (non-hydrogen) atoms. The first kappa shape index (κ1) is 103. The summed E-state index contributed by atoms with van der Waals surface area (Å²) in [7, 11) is 0. The number of carbonyl (C=O) groups is 2. The van der Waals surface area contributed by atoms with E-state index in [1.165, 1.54) is 116 Å². The van der Waals surface area contributed by atoms with Gasteiger partial charge in [0.15, 0.2) is 44.0 Å². The minimum atomic E-state index is -2.37. The lowest BCUT2D eigenvalue weighted by Crippen LogP contribution is -2.71. The van der Waals surface area contributed by atoms with E-state index in [1.54, 1.807) is 6.08 Å². The van der Waals surface area contributed by atoms with Crippen molar-refractivity contribution >= 4 is 11.8 Å². The molecule has 7 fully saturated rings. The second-order valence-corrected chi connectivity index (χ2v) is 32.7. The van der Waals surface area contributed by atoms with Crippen LogP contribution in [0.4, 0.5) is 0 Å². The number of aliphatic hydroxyl groups excluding tert-OH is 21. The summed E-state index contributed by atoms with van der Waals surface area (Å²) in [5.41, 5.74) is 0. The SMILES string of the molecule is CCCCCCCCCCCCC/C=C/[C@@H](O)[C@H](CO[C@@H]1OC(CO)[C@@H](O[C@@H]2OC(CO)[C@H](O)[C@H](O[C@H]3OC(CO)[C@H](O)[C@H](O[C@@H]4OC(CO)[C@H](O)[C@H](O[C@@H]5OC(CO)[C@H](O)[C@H](O[C@H]6OC(CO)[C@H](O)[C@H](O)C6O)C5O[C@H]5OC(C)[C@@H](O)C(O)[C@@H]5O)C4NC(C)=O)C3O)C2O)[C@H](O)C1O)NC(=O)CCCCCCCCCCCCCCCCC. The number of nitrogens with one attached hydrogen (secondary N) is 2. The summed E-state index contributed by atoms with van der Waals surface area (Å²) >= 11 is 0. The highest BCUT2D eigenvalue weighted by Crippen LogP contribution is 2.40. The lowest BCUT2D eigenvalue weighted by atomic mass is 9.93. The fourth-order valence-electron chi connectivity index (χ4n) is 16.1. The highest BCUT2D eigenvalue weighted by Gasteiger charge is 2.60. The molecule has 7 heterocycles. The number of ether oxygens (including phenoxy) is 14. The van der Waals surface area contributed by atoms with Gasteiger partial charge in [0, 0.05) is 13.3 Å². The van der Waals surface area contributed by atoms with Crippen molar-refractivity contribution in [3.63, 3.8) is 0 Å². The largest absolute Gasteiger partial charge is 0.394 e. The average molecular weight is 1730 g/mol. The second-order valence-electron chi connectivity index (χ2n) is 32.7. The molecule has 23 N–H and O–H groups in total. The molecule has 0 aromatic rings. The maximum Gasteiger partial charge on any atom is 0.220 e. The number of amides is 2. The van der Waals surface area contributed by atoms with Gasteiger partial charge in [0.1, 0.15) is 165 Å². The van der Waals surface area contributed by atoms with Gasteiger partial charge in [-0.25, -0.2) is 0 Å². The third-order valence-electron chi connectivity index (χ3n) is 23.4. The van der Waals surface area contributed by atoms with Crippen molar-refractivity contribution in [3.05, 3.63) is 12.2 Å². The van der Waals surface area contributed by atoms with Gasteiger partial charge in [-0.2, -0.15) is 0 Å². The van der Waals surface area contributed by atoms with Crippen LogP contribution in [-0.4, -0.2) is 392 Å². The van der Waals surface area contributed by atoms with Crippen molar-refractivity contribution in [1.82, 2.24) is 10.6 Å². The third kappa shape index (κ3) is 29.9. The molecule has 696 valence electrons. The van der Waals surface area contributed by atoms with Crippen LogP contribution in [0.1, 0.15) is 207 Å². The van der Waals surface area contributed by atoms with Gasteiger partial charge in [0.25, 0.3) is 0 Å². The Morgan fingerprint density at radius 3 is 1.16 bits per heavy atom. The molecule has 7 saturated heterocycles. The van der Waals surface area contributed by atoms with Gasteiger partial charge in [0.2, 0.25) is 11.8 Å². The Morgan fingerprint density at radius 2 is 0.689 bits per heavy atom. The molecule has 0 aromatic carbocycles. The number of hydrogen-bond acceptors (Lipinski definition) is 37. The maximum absolute atomic E-state index is 13.6. The summed E-state index contributed by atoms with van der Waals surface area (Å²) in [6.07, 6.45) is -35.3. The van der Waals surface area contributed by atoms with Gasteiger partial charge < -0.3 is 184 Å². The van der Waals surface area contributed by atoms with Gasteiger partial charge in [-0.3, -0.25) is 9.59 Å². The van der Waals surface area contributed by atoms with Gasteiger partial charge in [-0.15, -0.1) is 0 Å². The zero-order valence-electron chi connectivity index (χ0n) is 69.2. The Labute approximate surface area is 696 Å². The normalized spacial score (nSPS) is 39.7. The zero-order chi connectivity index (χ0) is 87.0. The molecule has 0 saturated carbocycles. The molecule has 39 heteroatoms. The minimum absolute atomic E-state index is 0.160. The Hall–Kier alpha value is -2.72. The number of rotatable bonds is 53. The van der Waals surface area contributed by atoms with Crippen LogP contribution in [0.2, 0.25) is 0 Å². The number of allylic oxidation sites excluding steroid dienone is 1. The Kier molecular flexibility index (Phi) is 46.7. The Bertz CT molecular complexity index is 2780. The average Bonchev–Trinajstić information content (AvgIpc) is 0.762. The third-order valence-corrected chi connectivity index (χ3v) is 23.4. The molecule has 0 aromatic heterocycles. The van der Waals surface area contributed by atoms with E-state index in [9.17, 15) is 117 Å². The summed E-state index contributed by atoms with van der Waals surface area (Å²) < 4.78 is 83.5. The van der Waals surface area contributed by atoms with E-state index in [-0.39, 0.29) is 12.3 Å². The first-order chi connectivity index (χ1) is 57.1. The summed E-state index contributed by atoms with van der Waals surface area (Å²) in [6, 6.07) is -3.05. The van der Waals surface area contributed by atoms with Gasteiger partial charge >= 0.3 is 0 Å². The summed E-state index contributed by atoms with van der Waals surface area (Å²) in [5.74, 6) is -1.31. The summed E-state index contributed by atoms with van der Waals surface area (Å²) in [4.78, 5) is 26.9. The molecule has 39 nitrogen and oxygen atoms in total. The highest BCUT2D eigenvalue weighted by atomic mass is 16.8. The minimum Gasteiger partial charge on any atom is -0.394 e. The monoisotopic (exact) mass is 1720 g/mol. The van der Waals surface area contributed by atoms with Crippen molar-refractivity contribution in [2.24, 2.45) is 0 Å². The van der Waals surface area contributed by atoms with Crippen LogP contribution in [0.25, 0.3) is 0 Å². The fourth-order valence-corrected chi connectivity index (χ4v) is 16.1. The first-order valence-corrected chi connectivity index (χ1v) is 43.4. The molecular weight excluding hydrogens is 1580 g/mol. The van der Waals surface area contributed by atoms with Gasteiger partial charge in [-0.05, 0) is 26.2 Å². The van der Waals surface area contributed by atoms with E-state index in [0.29, 0.717) is 12.8 Å². The van der Waals surface area contributed by atoms with E-state index in [2.05, 4.69) is 24.5 Å². The van der Waals surface area contributed by atoms with Gasteiger partial charge in [0.05, 0.1) is 64.5 Å². The van der Waals surface area contributed by atoms with Crippen LogP contribution < -0.4 is 10.6 Å². The molecule has 0 radical (unpaired) electrons.